The SMILES string of the molecule is Cc1oc(CNC(CO)Cc2ccccc2)cc1C(=O)O. The molecule has 0 bridgehead atoms. The number of carboxylic acid groups (broad SMARTS) is 1. The molecular weight excluding hydrogens is 270 g/mol. The predicted octanol–water partition coefficient (Wildman–Crippen LogP) is 1.98. The molecule has 1 aromatic carbocycles. The molecule has 3 N–H and O–H groups in total. The minimum atomic E-state index is -0.995. The number of carbonyl (C=O) groups is 1. The quantitative estimate of drug-likeness (QED) is 0.726. The van der Waals surface area contributed by atoms with E-state index in [1.165, 1.54) is 6.07 Å². The molecule has 0 aliphatic heterocycles. The Morgan fingerprint density at radius 3 is 2.62 bits per heavy atom. The molecule has 0 spiro atoms. The number of nitrogens with one attached hydrogen (secondary N) is 1. The first-order valence-electron chi connectivity index (χ1n) is 6.81. The lowest BCUT2D eigenvalue weighted by Gasteiger charge is -2.15. The van der Waals surface area contributed by atoms with Crippen LogP contribution in [0.3, 0.4) is 0 Å². The van der Waals surface area contributed by atoms with Crippen LogP contribution in [0.15, 0.2) is 40.8 Å². The Balaban J connectivity index is 1.94. The van der Waals surface area contributed by atoms with Gasteiger partial charge >= 0.3 is 5.97 Å². The summed E-state index contributed by atoms with van der Waals surface area (Å²) in [6.07, 6.45) is 0.697. The third-order valence-electron chi connectivity index (χ3n) is 3.31. The van der Waals surface area contributed by atoms with Crippen molar-refractivity contribution >= 4 is 5.97 Å². The summed E-state index contributed by atoms with van der Waals surface area (Å²) in [5.41, 5.74) is 1.31. The van der Waals surface area contributed by atoms with Gasteiger partial charge in [-0.2, -0.15) is 0 Å². The Kier molecular flexibility index (Phi) is 5.14. The van der Waals surface area contributed by atoms with Crippen molar-refractivity contribution < 1.29 is 19.4 Å². The van der Waals surface area contributed by atoms with Gasteiger partial charge in [-0.3, -0.25) is 0 Å². The monoisotopic (exact) mass is 289 g/mol. The molecule has 2 rings (SSSR count). The first kappa shape index (κ1) is 15.3. The maximum atomic E-state index is 11.0. The van der Waals surface area contributed by atoms with E-state index in [1.54, 1.807) is 6.92 Å². The van der Waals surface area contributed by atoms with Crippen molar-refractivity contribution in [1.82, 2.24) is 5.32 Å². The summed E-state index contributed by atoms with van der Waals surface area (Å²) < 4.78 is 5.40. The van der Waals surface area contributed by atoms with E-state index in [1.807, 2.05) is 30.3 Å². The van der Waals surface area contributed by atoms with Gasteiger partial charge in [0.1, 0.15) is 17.1 Å². The van der Waals surface area contributed by atoms with Gasteiger partial charge in [-0.05, 0) is 25.0 Å². The summed E-state index contributed by atoms with van der Waals surface area (Å²) in [6.45, 7) is 2.01. The molecule has 5 nitrogen and oxygen atoms in total. The molecule has 0 aliphatic carbocycles. The summed E-state index contributed by atoms with van der Waals surface area (Å²) in [7, 11) is 0. The number of aromatic carboxylic acids is 1. The molecule has 0 saturated heterocycles. The highest BCUT2D eigenvalue weighted by molar-refractivity contribution is 5.88. The Morgan fingerprint density at radius 1 is 1.33 bits per heavy atom. The number of aryl methyl sites for hydroxylation is 1. The molecule has 1 aromatic heterocycles. The highest BCUT2D eigenvalue weighted by atomic mass is 16.4. The van der Waals surface area contributed by atoms with Gasteiger partial charge in [-0.15, -0.1) is 0 Å². The number of hydrogen-bond acceptors (Lipinski definition) is 4. The molecule has 0 amide bonds. The molecule has 1 unspecified atom stereocenters. The van der Waals surface area contributed by atoms with Gasteiger partial charge in [0.25, 0.3) is 0 Å². The highest BCUT2D eigenvalue weighted by Crippen LogP contribution is 2.14. The van der Waals surface area contributed by atoms with Crippen molar-refractivity contribution in [2.45, 2.75) is 25.9 Å². The lowest BCUT2D eigenvalue weighted by atomic mass is 10.1. The Hall–Kier alpha value is -2.11. The fraction of sp³-hybridized carbons (Fsp3) is 0.312. The topological polar surface area (TPSA) is 82.7 Å². The van der Waals surface area contributed by atoms with Gasteiger partial charge < -0.3 is 19.9 Å². The van der Waals surface area contributed by atoms with E-state index in [9.17, 15) is 9.90 Å². The summed E-state index contributed by atoms with van der Waals surface area (Å²) in [5.74, 6) is -0.0511. The fourth-order valence-corrected chi connectivity index (χ4v) is 2.19. The van der Waals surface area contributed by atoms with Crippen LogP contribution in [0.1, 0.15) is 27.4 Å². The number of furan rings is 1. The van der Waals surface area contributed by atoms with Crippen LogP contribution in [0.2, 0.25) is 0 Å². The van der Waals surface area contributed by atoms with Crippen molar-refractivity contribution in [3.05, 3.63) is 59.0 Å². The van der Waals surface area contributed by atoms with Crippen molar-refractivity contribution in [3.63, 3.8) is 0 Å². The lowest BCUT2D eigenvalue weighted by Crippen LogP contribution is -2.33. The standard InChI is InChI=1S/C16H19NO4/c1-11-15(16(19)20)8-14(21-11)9-17-13(10-18)7-12-5-3-2-4-6-12/h2-6,8,13,17-18H,7,9-10H2,1H3,(H,19,20). The number of aliphatic hydroxyl groups is 1. The van der Waals surface area contributed by atoms with Gasteiger partial charge in [0.2, 0.25) is 0 Å². The van der Waals surface area contributed by atoms with E-state index in [0.29, 0.717) is 24.5 Å². The second kappa shape index (κ2) is 7.06. The van der Waals surface area contributed by atoms with Crippen LogP contribution in [0.5, 0.6) is 0 Å². The second-order valence-electron chi connectivity index (χ2n) is 4.94. The lowest BCUT2D eigenvalue weighted by molar-refractivity contribution is 0.0695. The average molecular weight is 289 g/mol. The number of benzene rings is 1. The zero-order valence-electron chi connectivity index (χ0n) is 11.9. The normalized spacial score (nSPS) is 12.3. The molecule has 0 aliphatic rings. The number of carboxylic acids is 1. The largest absolute Gasteiger partial charge is 0.478 e. The molecule has 1 atom stereocenters. The second-order valence-corrected chi connectivity index (χ2v) is 4.94. The van der Waals surface area contributed by atoms with E-state index in [-0.39, 0.29) is 18.2 Å². The van der Waals surface area contributed by atoms with Crippen LogP contribution < -0.4 is 5.32 Å². The molecule has 112 valence electrons. The maximum absolute atomic E-state index is 11.0. The van der Waals surface area contributed by atoms with Crippen LogP contribution in [-0.4, -0.2) is 28.8 Å². The average Bonchev–Trinajstić information content (AvgIpc) is 2.86. The van der Waals surface area contributed by atoms with Crippen LogP contribution >= 0.6 is 0 Å². The van der Waals surface area contributed by atoms with Crippen molar-refractivity contribution in [1.29, 1.82) is 0 Å². The number of hydrogen-bond donors (Lipinski definition) is 3. The smallest absolute Gasteiger partial charge is 0.339 e. The van der Waals surface area contributed by atoms with Crippen LogP contribution in [0, 0.1) is 6.92 Å². The van der Waals surface area contributed by atoms with Crippen molar-refractivity contribution in [2.24, 2.45) is 0 Å². The number of aliphatic hydroxyl groups excluding tert-OH is 1. The Morgan fingerprint density at radius 2 is 2.05 bits per heavy atom. The molecule has 1 heterocycles. The van der Waals surface area contributed by atoms with Gasteiger partial charge in [-0.1, -0.05) is 30.3 Å². The fourth-order valence-electron chi connectivity index (χ4n) is 2.19. The first-order valence-corrected chi connectivity index (χ1v) is 6.81. The van der Waals surface area contributed by atoms with E-state index in [2.05, 4.69) is 5.32 Å². The molecule has 21 heavy (non-hydrogen) atoms. The Bertz CT molecular complexity index is 592. The number of rotatable bonds is 7. The summed E-state index contributed by atoms with van der Waals surface area (Å²) in [4.78, 5) is 11.0. The zero-order valence-corrected chi connectivity index (χ0v) is 11.9. The summed E-state index contributed by atoms with van der Waals surface area (Å²) >= 11 is 0. The predicted molar refractivity (Wildman–Crippen MR) is 78.3 cm³/mol. The third kappa shape index (κ3) is 4.18. The Labute approximate surface area is 123 Å². The minimum absolute atomic E-state index is 0.000370. The van der Waals surface area contributed by atoms with Gasteiger partial charge in [0, 0.05) is 6.04 Å². The van der Waals surface area contributed by atoms with Crippen LogP contribution in [0.25, 0.3) is 0 Å². The molecule has 5 heteroatoms. The molecule has 0 radical (unpaired) electrons. The third-order valence-corrected chi connectivity index (χ3v) is 3.31. The first-order chi connectivity index (χ1) is 10.1. The van der Waals surface area contributed by atoms with Crippen molar-refractivity contribution in [2.75, 3.05) is 6.61 Å². The molecule has 0 saturated carbocycles. The van der Waals surface area contributed by atoms with Gasteiger partial charge in [-0.25, -0.2) is 4.79 Å². The van der Waals surface area contributed by atoms with Gasteiger partial charge in [0.15, 0.2) is 0 Å². The summed E-state index contributed by atoms with van der Waals surface area (Å²) in [5, 5.41) is 21.6. The highest BCUT2D eigenvalue weighted by Gasteiger charge is 2.15. The zero-order chi connectivity index (χ0) is 15.2. The van der Waals surface area contributed by atoms with Crippen LogP contribution in [0.4, 0.5) is 0 Å². The minimum Gasteiger partial charge on any atom is -0.478 e. The molecular formula is C16H19NO4. The van der Waals surface area contributed by atoms with Gasteiger partial charge in [0.05, 0.1) is 13.2 Å². The van der Waals surface area contributed by atoms with E-state index in [4.69, 9.17) is 9.52 Å². The van der Waals surface area contributed by atoms with Crippen LogP contribution in [-0.2, 0) is 13.0 Å². The van der Waals surface area contributed by atoms with E-state index < -0.39 is 5.97 Å². The van der Waals surface area contributed by atoms with E-state index in [0.717, 1.165) is 5.56 Å². The molecule has 2 aromatic rings. The van der Waals surface area contributed by atoms with Crippen molar-refractivity contribution in [3.8, 4) is 0 Å². The molecule has 0 fully saturated rings. The summed E-state index contributed by atoms with van der Waals surface area (Å²) in [6, 6.07) is 11.3. The van der Waals surface area contributed by atoms with E-state index >= 15 is 0 Å². The maximum Gasteiger partial charge on any atom is 0.339 e.